The molecule has 1 aliphatic rings. The van der Waals surface area contributed by atoms with Crippen molar-refractivity contribution in [1.29, 1.82) is 0 Å². The Labute approximate surface area is 235 Å². The summed E-state index contributed by atoms with van der Waals surface area (Å²) >= 11 is 0. The van der Waals surface area contributed by atoms with E-state index in [1.165, 1.54) is 0 Å². The summed E-state index contributed by atoms with van der Waals surface area (Å²) in [6.07, 6.45) is 1.96. The van der Waals surface area contributed by atoms with Crippen molar-refractivity contribution in [3.8, 4) is 0 Å². The zero-order valence-corrected chi connectivity index (χ0v) is 23.4. The lowest BCUT2D eigenvalue weighted by Gasteiger charge is -2.23. The van der Waals surface area contributed by atoms with Crippen molar-refractivity contribution in [3.63, 3.8) is 0 Å². The van der Waals surface area contributed by atoms with E-state index in [0.29, 0.717) is 25.9 Å². The van der Waals surface area contributed by atoms with E-state index >= 15 is 0 Å². The maximum absolute atomic E-state index is 13.1. The molecule has 2 aromatic carbocycles. The van der Waals surface area contributed by atoms with Crippen molar-refractivity contribution in [1.82, 2.24) is 21.3 Å². The van der Waals surface area contributed by atoms with Crippen LogP contribution >= 0.6 is 0 Å². The molecule has 1 fully saturated rings. The summed E-state index contributed by atoms with van der Waals surface area (Å²) in [4.78, 5) is 64.7. The molecule has 4 N–H and O–H groups in total. The van der Waals surface area contributed by atoms with E-state index in [1.807, 2.05) is 56.3 Å². The fourth-order valence-electron chi connectivity index (χ4n) is 4.46. The van der Waals surface area contributed by atoms with E-state index in [1.54, 1.807) is 24.0 Å². The quantitative estimate of drug-likeness (QED) is 0.285. The second kappa shape index (κ2) is 14.8. The number of hydrogen-bond acceptors (Lipinski definition) is 5. The smallest absolute Gasteiger partial charge is 0.315 e. The molecule has 0 aliphatic carbocycles. The molecular weight excluding hydrogens is 510 g/mol. The van der Waals surface area contributed by atoms with Crippen LogP contribution in [-0.4, -0.2) is 48.2 Å². The molecule has 0 aromatic heterocycles. The number of urea groups is 1. The Morgan fingerprint density at radius 2 is 1.50 bits per heavy atom. The second-order valence-electron chi connectivity index (χ2n) is 10.3. The van der Waals surface area contributed by atoms with E-state index in [9.17, 15) is 24.0 Å². The van der Waals surface area contributed by atoms with Gasteiger partial charge >= 0.3 is 6.03 Å². The minimum atomic E-state index is -1.03. The van der Waals surface area contributed by atoms with E-state index in [-0.39, 0.29) is 24.8 Å². The van der Waals surface area contributed by atoms with Gasteiger partial charge in [-0.1, -0.05) is 63.2 Å². The fraction of sp³-hybridized carbons (Fsp3) is 0.433. The van der Waals surface area contributed by atoms with Crippen LogP contribution in [0.2, 0.25) is 0 Å². The first-order chi connectivity index (χ1) is 19.2. The standard InChI is InChI=1S/C30H39N5O5/c1-4-24(27(37)29(39)31-18-22-12-14-23(15-13-22)35-16-8-11-26(35)36)33-28(38)25(17-20(2)3)34-30(40)32-19-21-9-6-5-7-10-21/h5-7,9-10,12-15,20,24-25H,4,8,11,16-19H2,1-3H3,(H,31,39)(H,33,38)(H2,32,34,40). The number of carbonyl (C=O) groups excluding carboxylic acids is 5. The van der Waals surface area contributed by atoms with E-state index in [4.69, 9.17) is 0 Å². The molecule has 2 atom stereocenters. The Bertz CT molecular complexity index is 1180. The van der Waals surface area contributed by atoms with Crippen molar-refractivity contribution in [2.24, 2.45) is 5.92 Å². The normalized spacial score (nSPS) is 14.4. The minimum Gasteiger partial charge on any atom is -0.345 e. The fourth-order valence-corrected chi connectivity index (χ4v) is 4.46. The predicted molar refractivity (Wildman–Crippen MR) is 152 cm³/mol. The summed E-state index contributed by atoms with van der Waals surface area (Å²) in [5.74, 6) is -1.90. The second-order valence-corrected chi connectivity index (χ2v) is 10.3. The molecule has 0 bridgehead atoms. The molecule has 5 amide bonds. The van der Waals surface area contributed by atoms with Gasteiger partial charge in [-0.05, 0) is 48.4 Å². The number of rotatable bonds is 13. The third-order valence-corrected chi connectivity index (χ3v) is 6.66. The zero-order chi connectivity index (χ0) is 29.1. The molecular formula is C30H39N5O5. The van der Waals surface area contributed by atoms with Crippen LogP contribution in [0.5, 0.6) is 0 Å². The van der Waals surface area contributed by atoms with Crippen molar-refractivity contribution < 1.29 is 24.0 Å². The van der Waals surface area contributed by atoms with Crippen LogP contribution < -0.4 is 26.2 Å². The number of nitrogens with zero attached hydrogens (tertiary/aromatic N) is 1. The van der Waals surface area contributed by atoms with Crippen LogP contribution in [-0.2, 0) is 32.3 Å². The molecule has 3 rings (SSSR count). The number of ketones is 1. The van der Waals surface area contributed by atoms with Crippen molar-refractivity contribution in [3.05, 3.63) is 65.7 Å². The van der Waals surface area contributed by atoms with Gasteiger partial charge < -0.3 is 26.2 Å². The van der Waals surface area contributed by atoms with Crippen LogP contribution in [0.25, 0.3) is 0 Å². The Morgan fingerprint density at radius 1 is 0.850 bits per heavy atom. The lowest BCUT2D eigenvalue weighted by atomic mass is 10.0. The van der Waals surface area contributed by atoms with E-state index < -0.39 is 35.7 Å². The Kier molecular flexibility index (Phi) is 11.2. The Balaban J connectivity index is 1.52. The third kappa shape index (κ3) is 8.93. The monoisotopic (exact) mass is 549 g/mol. The molecule has 0 radical (unpaired) electrons. The summed E-state index contributed by atoms with van der Waals surface area (Å²) in [5.41, 5.74) is 2.50. The van der Waals surface area contributed by atoms with Crippen molar-refractivity contribution >= 4 is 35.2 Å². The van der Waals surface area contributed by atoms with E-state index in [2.05, 4.69) is 21.3 Å². The average Bonchev–Trinajstić information content (AvgIpc) is 3.38. The highest BCUT2D eigenvalue weighted by atomic mass is 16.2. The zero-order valence-electron chi connectivity index (χ0n) is 23.4. The first-order valence-electron chi connectivity index (χ1n) is 13.8. The molecule has 1 heterocycles. The number of nitrogens with one attached hydrogen (secondary N) is 4. The highest BCUT2D eigenvalue weighted by Gasteiger charge is 2.29. The highest BCUT2D eigenvalue weighted by Crippen LogP contribution is 2.21. The number of anilines is 1. The van der Waals surface area contributed by atoms with Gasteiger partial charge in [-0.15, -0.1) is 0 Å². The number of benzene rings is 2. The van der Waals surface area contributed by atoms with Gasteiger partial charge in [0.25, 0.3) is 5.91 Å². The van der Waals surface area contributed by atoms with Crippen LogP contribution in [0.3, 0.4) is 0 Å². The number of Topliss-reactive ketones (excluding diaryl/α,β-unsaturated/α-hetero) is 1. The van der Waals surface area contributed by atoms with Gasteiger partial charge in [0.15, 0.2) is 0 Å². The highest BCUT2D eigenvalue weighted by molar-refractivity contribution is 6.38. The van der Waals surface area contributed by atoms with Gasteiger partial charge in [0.1, 0.15) is 6.04 Å². The van der Waals surface area contributed by atoms with Gasteiger partial charge in [0.2, 0.25) is 17.6 Å². The Hall–Kier alpha value is -4.21. The molecule has 1 aliphatic heterocycles. The average molecular weight is 550 g/mol. The molecule has 40 heavy (non-hydrogen) atoms. The molecule has 10 heteroatoms. The summed E-state index contributed by atoms with van der Waals surface area (Å²) in [6, 6.07) is 14.2. The van der Waals surface area contributed by atoms with Crippen LogP contribution in [0.1, 0.15) is 57.6 Å². The minimum absolute atomic E-state index is 0.0953. The first kappa shape index (κ1) is 30.3. The molecule has 0 saturated carbocycles. The number of carbonyl (C=O) groups is 5. The molecule has 0 spiro atoms. The van der Waals surface area contributed by atoms with E-state index in [0.717, 1.165) is 23.2 Å². The SMILES string of the molecule is CCC(NC(=O)C(CC(C)C)NC(=O)NCc1ccccc1)C(=O)C(=O)NCc1ccc(N2CCCC2=O)cc1. The largest absolute Gasteiger partial charge is 0.345 e. The molecule has 10 nitrogen and oxygen atoms in total. The summed E-state index contributed by atoms with van der Waals surface area (Å²) in [6.45, 7) is 6.68. The lowest BCUT2D eigenvalue weighted by Crippen LogP contribution is -2.55. The maximum Gasteiger partial charge on any atom is 0.315 e. The lowest BCUT2D eigenvalue weighted by molar-refractivity contribution is -0.140. The molecule has 2 unspecified atom stereocenters. The molecule has 2 aromatic rings. The van der Waals surface area contributed by atoms with Crippen molar-refractivity contribution in [2.75, 3.05) is 11.4 Å². The van der Waals surface area contributed by atoms with Gasteiger partial charge in [-0.3, -0.25) is 19.2 Å². The summed E-state index contributed by atoms with van der Waals surface area (Å²) in [7, 11) is 0. The summed E-state index contributed by atoms with van der Waals surface area (Å²) in [5, 5.41) is 10.7. The third-order valence-electron chi connectivity index (χ3n) is 6.66. The van der Waals surface area contributed by atoms with Gasteiger partial charge in [-0.2, -0.15) is 0 Å². The van der Waals surface area contributed by atoms with Gasteiger partial charge in [0, 0.05) is 31.7 Å². The van der Waals surface area contributed by atoms with Crippen molar-refractivity contribution in [2.45, 2.75) is 71.6 Å². The maximum atomic E-state index is 13.1. The number of amides is 5. The molecule has 214 valence electrons. The first-order valence-corrected chi connectivity index (χ1v) is 13.8. The number of hydrogen-bond donors (Lipinski definition) is 4. The predicted octanol–water partition coefficient (Wildman–Crippen LogP) is 2.81. The van der Waals surface area contributed by atoms with Gasteiger partial charge in [0.05, 0.1) is 6.04 Å². The molecule has 1 saturated heterocycles. The summed E-state index contributed by atoms with van der Waals surface area (Å²) < 4.78 is 0. The van der Waals surface area contributed by atoms with Gasteiger partial charge in [-0.25, -0.2) is 4.79 Å². The van der Waals surface area contributed by atoms with Crippen LogP contribution in [0.4, 0.5) is 10.5 Å². The Morgan fingerprint density at radius 3 is 2.10 bits per heavy atom. The van der Waals surface area contributed by atoms with Crippen LogP contribution in [0, 0.1) is 5.92 Å². The van der Waals surface area contributed by atoms with Crippen LogP contribution in [0.15, 0.2) is 54.6 Å². The topological polar surface area (TPSA) is 137 Å².